The molecular formula is C65H42N10. The lowest BCUT2D eigenvalue weighted by Gasteiger charge is -2.25. The molecular weight excluding hydrogens is 921 g/mol. The molecule has 0 fully saturated rings. The molecule has 0 radical (unpaired) electrons. The summed E-state index contributed by atoms with van der Waals surface area (Å²) in [7, 11) is 0. The van der Waals surface area contributed by atoms with Gasteiger partial charge in [-0.15, -0.1) is 0 Å². The standard InChI is InChI=1S/C65H42N10/c1-3-18-45-38-48(30-28-43(45)16-1)64-70-63(71-65(72-64)49-31-29-44-17-2-4-19-46(44)39-49)47-20-15-21-50(40-47)73-56-33-32-51(74(58-24-7-11-34-66-58)59-25-8-12-35-67-59)41-54(56)55-42-57(52-22-5-6-23-53(52)62(55)73)75(60-26-9-13-36-68-60)61-27-10-14-37-69-61/h1-42H. The lowest BCUT2D eigenvalue weighted by Crippen LogP contribution is -2.13. The van der Waals surface area contributed by atoms with Crippen LogP contribution in [0.2, 0.25) is 0 Å². The maximum Gasteiger partial charge on any atom is 0.164 e. The van der Waals surface area contributed by atoms with E-state index >= 15 is 0 Å². The summed E-state index contributed by atoms with van der Waals surface area (Å²) < 4.78 is 2.37. The van der Waals surface area contributed by atoms with Gasteiger partial charge in [0.25, 0.3) is 0 Å². The van der Waals surface area contributed by atoms with E-state index in [0.29, 0.717) is 17.5 Å². The van der Waals surface area contributed by atoms with E-state index in [0.717, 1.165) is 111 Å². The van der Waals surface area contributed by atoms with Crippen LogP contribution in [0.4, 0.5) is 34.6 Å². The van der Waals surface area contributed by atoms with Crippen molar-refractivity contribution < 1.29 is 0 Å². The van der Waals surface area contributed by atoms with Crippen LogP contribution in [0.1, 0.15) is 0 Å². The molecule has 10 nitrogen and oxygen atoms in total. The molecule has 0 N–H and O–H groups in total. The molecule has 75 heavy (non-hydrogen) atoms. The second-order valence-corrected chi connectivity index (χ2v) is 18.3. The summed E-state index contributed by atoms with van der Waals surface area (Å²) in [5.74, 6) is 4.75. The number of nitrogens with zero attached hydrogens (tertiary/aromatic N) is 10. The van der Waals surface area contributed by atoms with E-state index in [4.69, 9.17) is 34.9 Å². The van der Waals surface area contributed by atoms with Crippen molar-refractivity contribution in [3.63, 3.8) is 0 Å². The summed E-state index contributed by atoms with van der Waals surface area (Å²) in [6, 6.07) is 79.4. The topological polar surface area (TPSA) is 102 Å². The number of aromatic nitrogens is 8. The van der Waals surface area contributed by atoms with E-state index in [-0.39, 0.29) is 0 Å². The highest BCUT2D eigenvalue weighted by molar-refractivity contribution is 6.23. The zero-order valence-corrected chi connectivity index (χ0v) is 40.2. The van der Waals surface area contributed by atoms with E-state index in [9.17, 15) is 0 Å². The third-order valence-corrected chi connectivity index (χ3v) is 13.8. The Labute approximate surface area is 431 Å². The molecule has 8 aromatic carbocycles. The van der Waals surface area contributed by atoms with Gasteiger partial charge in [0.05, 0.1) is 16.7 Å². The number of benzene rings is 8. The van der Waals surface area contributed by atoms with Crippen molar-refractivity contribution in [2.75, 3.05) is 9.80 Å². The van der Waals surface area contributed by atoms with E-state index in [1.165, 1.54) is 0 Å². The highest BCUT2D eigenvalue weighted by Crippen LogP contribution is 2.46. The molecule has 0 aliphatic heterocycles. The molecule has 0 aliphatic carbocycles. The monoisotopic (exact) mass is 962 g/mol. The van der Waals surface area contributed by atoms with Gasteiger partial charge in [-0.1, -0.05) is 133 Å². The van der Waals surface area contributed by atoms with Gasteiger partial charge in [-0.3, -0.25) is 9.80 Å². The molecule has 352 valence electrons. The molecule has 6 aromatic heterocycles. The maximum absolute atomic E-state index is 5.28. The van der Waals surface area contributed by atoms with Crippen molar-refractivity contribution in [3.8, 4) is 39.9 Å². The first-order valence-electron chi connectivity index (χ1n) is 24.8. The van der Waals surface area contributed by atoms with Gasteiger partial charge in [0.2, 0.25) is 0 Å². The van der Waals surface area contributed by atoms with E-state index in [2.05, 4.69) is 172 Å². The molecule has 0 aliphatic rings. The predicted octanol–water partition coefficient (Wildman–Crippen LogP) is 15.9. The van der Waals surface area contributed by atoms with Gasteiger partial charge in [0, 0.05) is 74.4 Å². The SMILES string of the molecule is c1ccc(N(c2ccc3c(c2)c2cc(N(c4ccccn4)c4ccccn4)c4ccccc4c2n3-c2cccc(-c3nc(-c4ccc5ccccc5c4)nc(-c4ccc5ccccc5c4)n3)c2)c2ccccn2)nc1. The van der Waals surface area contributed by atoms with Crippen molar-refractivity contribution in [3.05, 3.63) is 255 Å². The van der Waals surface area contributed by atoms with Gasteiger partial charge >= 0.3 is 0 Å². The fourth-order valence-electron chi connectivity index (χ4n) is 10.3. The van der Waals surface area contributed by atoms with Crippen LogP contribution in [-0.4, -0.2) is 39.5 Å². The van der Waals surface area contributed by atoms with Crippen molar-refractivity contribution in [2.24, 2.45) is 0 Å². The van der Waals surface area contributed by atoms with Gasteiger partial charge in [0.1, 0.15) is 23.3 Å². The Morgan fingerprint density at radius 2 is 0.787 bits per heavy atom. The Kier molecular flexibility index (Phi) is 10.6. The van der Waals surface area contributed by atoms with Crippen LogP contribution in [0.5, 0.6) is 0 Å². The fraction of sp³-hybridized carbons (Fsp3) is 0. The van der Waals surface area contributed by atoms with Crippen LogP contribution < -0.4 is 9.80 Å². The number of hydrogen-bond donors (Lipinski definition) is 0. The highest BCUT2D eigenvalue weighted by atomic mass is 15.2. The molecule has 0 unspecified atom stereocenters. The average Bonchev–Trinajstić information content (AvgIpc) is 3.82. The molecule has 0 amide bonds. The fourth-order valence-corrected chi connectivity index (χ4v) is 10.3. The first kappa shape index (κ1) is 43.3. The van der Waals surface area contributed by atoms with Crippen molar-refractivity contribution in [1.82, 2.24) is 39.5 Å². The van der Waals surface area contributed by atoms with Gasteiger partial charge in [-0.05, 0) is 119 Å². The number of hydrogen-bond acceptors (Lipinski definition) is 9. The highest BCUT2D eigenvalue weighted by Gasteiger charge is 2.25. The molecule has 10 heteroatoms. The molecule has 14 aromatic rings. The third-order valence-electron chi connectivity index (χ3n) is 13.8. The lowest BCUT2D eigenvalue weighted by atomic mass is 10.0. The van der Waals surface area contributed by atoms with Crippen molar-refractivity contribution in [2.45, 2.75) is 0 Å². The van der Waals surface area contributed by atoms with Gasteiger partial charge in [-0.25, -0.2) is 34.9 Å². The molecule has 0 spiro atoms. The molecule has 6 heterocycles. The van der Waals surface area contributed by atoms with Crippen LogP contribution in [0, 0.1) is 0 Å². The quantitative estimate of drug-likeness (QED) is 0.133. The van der Waals surface area contributed by atoms with Gasteiger partial charge in [-0.2, -0.15) is 0 Å². The molecule has 0 saturated heterocycles. The van der Waals surface area contributed by atoms with Gasteiger partial charge in [0.15, 0.2) is 17.5 Å². The Hall–Kier alpha value is -10.5. The second-order valence-electron chi connectivity index (χ2n) is 18.3. The third kappa shape index (κ3) is 7.81. The minimum Gasteiger partial charge on any atom is -0.309 e. The number of anilines is 6. The summed E-state index contributed by atoms with van der Waals surface area (Å²) >= 11 is 0. The summed E-state index contributed by atoms with van der Waals surface area (Å²) in [5.41, 5.74) is 7.48. The average molecular weight is 963 g/mol. The molecule has 0 atom stereocenters. The summed E-state index contributed by atoms with van der Waals surface area (Å²) in [6.45, 7) is 0. The zero-order valence-electron chi connectivity index (χ0n) is 40.2. The number of rotatable bonds is 10. The Balaban J connectivity index is 1.02. The summed E-state index contributed by atoms with van der Waals surface area (Å²) in [4.78, 5) is 39.4. The molecule has 0 bridgehead atoms. The Morgan fingerprint density at radius 3 is 1.32 bits per heavy atom. The number of pyridine rings is 4. The van der Waals surface area contributed by atoms with Crippen LogP contribution in [0.25, 0.3) is 94.0 Å². The second kappa shape index (κ2) is 18.3. The van der Waals surface area contributed by atoms with Crippen LogP contribution in [0.15, 0.2) is 255 Å². The number of fused-ring (bicyclic) bond motifs is 7. The normalized spacial score (nSPS) is 11.5. The largest absolute Gasteiger partial charge is 0.309 e. The van der Waals surface area contributed by atoms with Crippen LogP contribution >= 0.6 is 0 Å². The van der Waals surface area contributed by atoms with Crippen molar-refractivity contribution >= 4 is 88.8 Å². The van der Waals surface area contributed by atoms with E-state index in [1.54, 1.807) is 0 Å². The zero-order chi connectivity index (χ0) is 49.7. The molecule has 14 rings (SSSR count). The van der Waals surface area contributed by atoms with Gasteiger partial charge < -0.3 is 4.57 Å². The van der Waals surface area contributed by atoms with E-state index in [1.807, 2.05) is 97.6 Å². The van der Waals surface area contributed by atoms with Crippen LogP contribution in [-0.2, 0) is 0 Å². The lowest BCUT2D eigenvalue weighted by molar-refractivity contribution is 1.07. The molecule has 0 saturated carbocycles. The Bertz CT molecular complexity index is 4260. The minimum atomic E-state index is 0.566. The smallest absolute Gasteiger partial charge is 0.164 e. The minimum absolute atomic E-state index is 0.566. The summed E-state index contributed by atoms with van der Waals surface area (Å²) in [6.07, 6.45) is 7.27. The first-order chi connectivity index (χ1) is 37.2. The van der Waals surface area contributed by atoms with E-state index < -0.39 is 0 Å². The van der Waals surface area contributed by atoms with Crippen LogP contribution in [0.3, 0.4) is 0 Å². The first-order valence-corrected chi connectivity index (χ1v) is 24.8. The summed E-state index contributed by atoms with van der Waals surface area (Å²) in [5, 5.41) is 8.66. The maximum atomic E-state index is 5.28. The van der Waals surface area contributed by atoms with Crippen molar-refractivity contribution in [1.29, 1.82) is 0 Å². The predicted molar refractivity (Wildman–Crippen MR) is 304 cm³/mol. The Morgan fingerprint density at radius 1 is 0.307 bits per heavy atom.